The summed E-state index contributed by atoms with van der Waals surface area (Å²) in [7, 11) is 0. The Hall–Kier alpha value is 0.0900. The van der Waals surface area contributed by atoms with Crippen LogP contribution in [0.25, 0.3) is 0 Å². The van der Waals surface area contributed by atoms with Crippen LogP contribution in [0.15, 0.2) is 29.6 Å². The Kier molecular flexibility index (Phi) is 16.3. The lowest BCUT2D eigenvalue weighted by atomic mass is 10.0. The van der Waals surface area contributed by atoms with E-state index in [1.54, 1.807) is 47.0 Å². The van der Waals surface area contributed by atoms with Crippen molar-refractivity contribution >= 4 is 53.0 Å². The summed E-state index contributed by atoms with van der Waals surface area (Å²) >= 11 is 7.04. The zero-order chi connectivity index (χ0) is 22.0. The molecule has 176 valence electrons. The molecular weight excluding hydrogens is 461 g/mol. The van der Waals surface area contributed by atoms with Crippen LogP contribution in [0.2, 0.25) is 0 Å². The summed E-state index contributed by atoms with van der Waals surface area (Å²) in [4.78, 5) is 13.1. The molecule has 0 spiro atoms. The number of carbonyl (C=O) groups excluding carboxylic acids is 1. The Bertz CT molecular complexity index is 588. The first-order chi connectivity index (χ1) is 15.3. The molecular formula is C25H40O2S4. The van der Waals surface area contributed by atoms with Crippen molar-refractivity contribution in [3.05, 3.63) is 29.6 Å². The Balaban J connectivity index is 1.32. The summed E-state index contributed by atoms with van der Waals surface area (Å²) in [5.41, 5.74) is 0. The van der Waals surface area contributed by atoms with Gasteiger partial charge in [-0.05, 0) is 22.6 Å². The van der Waals surface area contributed by atoms with Gasteiger partial charge in [0.05, 0.1) is 8.47 Å². The van der Waals surface area contributed by atoms with Crippen molar-refractivity contribution in [2.75, 3.05) is 6.61 Å². The van der Waals surface area contributed by atoms with Crippen LogP contribution in [0.1, 0.15) is 110 Å². The van der Waals surface area contributed by atoms with E-state index in [0.717, 1.165) is 17.7 Å². The molecule has 0 bridgehead atoms. The molecule has 0 aromatic rings. The van der Waals surface area contributed by atoms with Crippen molar-refractivity contribution in [1.29, 1.82) is 0 Å². The van der Waals surface area contributed by atoms with E-state index in [4.69, 9.17) is 4.74 Å². The fourth-order valence-corrected chi connectivity index (χ4v) is 8.00. The summed E-state index contributed by atoms with van der Waals surface area (Å²) in [6.07, 6.45) is 20.7. The van der Waals surface area contributed by atoms with Crippen molar-refractivity contribution < 1.29 is 9.53 Å². The molecule has 0 amide bonds. The maximum absolute atomic E-state index is 12.0. The highest BCUT2D eigenvalue weighted by Gasteiger charge is 2.19. The topological polar surface area (TPSA) is 26.3 Å². The Morgan fingerprint density at radius 3 is 1.77 bits per heavy atom. The molecule has 0 fully saturated rings. The highest BCUT2D eigenvalue weighted by Crippen LogP contribution is 2.53. The summed E-state index contributed by atoms with van der Waals surface area (Å²) in [5, 5.41) is 6.35. The Labute approximate surface area is 207 Å². The van der Waals surface area contributed by atoms with E-state index < -0.39 is 0 Å². The molecule has 2 heterocycles. The molecule has 0 aromatic carbocycles. The van der Waals surface area contributed by atoms with Crippen LogP contribution in [-0.4, -0.2) is 12.6 Å². The molecule has 0 N–H and O–H groups in total. The van der Waals surface area contributed by atoms with Gasteiger partial charge in [0.25, 0.3) is 0 Å². The number of thioether (sulfide) groups is 4. The van der Waals surface area contributed by atoms with Gasteiger partial charge in [0.15, 0.2) is 0 Å². The minimum Gasteiger partial charge on any atom is -0.460 e. The zero-order valence-corrected chi connectivity index (χ0v) is 22.5. The smallest absolute Gasteiger partial charge is 0.306 e. The second-order valence-corrected chi connectivity index (χ2v) is 12.6. The predicted molar refractivity (Wildman–Crippen MR) is 145 cm³/mol. The molecule has 0 aliphatic carbocycles. The average Bonchev–Trinajstić information content (AvgIpc) is 3.47. The predicted octanol–water partition coefficient (Wildman–Crippen LogP) is 10.2. The molecule has 2 rings (SSSR count). The molecule has 0 aromatic heterocycles. The van der Waals surface area contributed by atoms with Gasteiger partial charge in [0, 0.05) is 11.3 Å². The van der Waals surface area contributed by atoms with Gasteiger partial charge in [-0.3, -0.25) is 4.79 Å². The van der Waals surface area contributed by atoms with E-state index in [0.29, 0.717) is 13.0 Å². The van der Waals surface area contributed by atoms with Gasteiger partial charge in [0.2, 0.25) is 0 Å². The van der Waals surface area contributed by atoms with Crippen LogP contribution in [0.5, 0.6) is 0 Å². The lowest BCUT2D eigenvalue weighted by Gasteiger charge is -2.06. The van der Waals surface area contributed by atoms with Crippen molar-refractivity contribution in [2.24, 2.45) is 0 Å². The maximum Gasteiger partial charge on any atom is 0.306 e. The maximum atomic E-state index is 12.0. The lowest BCUT2D eigenvalue weighted by molar-refractivity contribution is -0.142. The first-order valence-corrected chi connectivity index (χ1v) is 15.7. The molecule has 0 atom stereocenters. The van der Waals surface area contributed by atoms with E-state index in [-0.39, 0.29) is 5.97 Å². The average molecular weight is 501 g/mol. The van der Waals surface area contributed by atoms with E-state index in [1.165, 1.54) is 91.9 Å². The summed E-state index contributed by atoms with van der Waals surface area (Å²) in [6, 6.07) is 0. The van der Waals surface area contributed by atoms with Crippen LogP contribution in [0.3, 0.4) is 0 Å². The molecule has 2 aliphatic heterocycles. The number of rotatable bonds is 18. The van der Waals surface area contributed by atoms with Crippen LogP contribution in [0.4, 0.5) is 0 Å². The van der Waals surface area contributed by atoms with Gasteiger partial charge in [-0.2, -0.15) is 0 Å². The zero-order valence-electron chi connectivity index (χ0n) is 19.2. The number of esters is 1. The number of hydrogen-bond acceptors (Lipinski definition) is 6. The molecule has 0 radical (unpaired) electrons. The Morgan fingerprint density at radius 2 is 1.23 bits per heavy atom. The minimum absolute atomic E-state index is 0.0476. The van der Waals surface area contributed by atoms with Gasteiger partial charge in [-0.1, -0.05) is 144 Å². The molecule has 0 saturated heterocycles. The number of carbonyl (C=O) groups is 1. The lowest BCUT2D eigenvalue weighted by Crippen LogP contribution is -2.05. The van der Waals surface area contributed by atoms with Crippen molar-refractivity contribution in [1.82, 2.24) is 0 Å². The van der Waals surface area contributed by atoms with Crippen LogP contribution in [-0.2, 0) is 9.53 Å². The number of unbranched alkanes of at least 4 members (excludes halogenated alkanes) is 14. The molecule has 2 aliphatic rings. The van der Waals surface area contributed by atoms with Gasteiger partial charge in [-0.25, -0.2) is 0 Å². The van der Waals surface area contributed by atoms with E-state index in [1.807, 2.05) is 0 Å². The third kappa shape index (κ3) is 13.4. The molecule has 31 heavy (non-hydrogen) atoms. The summed E-state index contributed by atoms with van der Waals surface area (Å²) < 4.78 is 8.11. The normalized spacial score (nSPS) is 15.7. The monoisotopic (exact) mass is 500 g/mol. The molecule has 6 heteroatoms. The quantitative estimate of drug-likeness (QED) is 0.137. The highest BCUT2D eigenvalue weighted by atomic mass is 32.2. The van der Waals surface area contributed by atoms with E-state index >= 15 is 0 Å². The molecule has 0 unspecified atom stereocenters. The standard InChI is InChI=1S/C25H40O2S4/c1-2-3-4-5-6-7-8-9-10-11-12-13-14-15-16-17-23(26)27-20-22-21-30-25(31-22)24-28-18-19-29-24/h18-19,21H,2-17,20H2,1H3. The fraction of sp³-hybridized carbons (Fsp3) is 0.720. The largest absolute Gasteiger partial charge is 0.460 e. The van der Waals surface area contributed by atoms with Crippen LogP contribution < -0.4 is 0 Å². The third-order valence-corrected chi connectivity index (χ3v) is 10.5. The van der Waals surface area contributed by atoms with Crippen molar-refractivity contribution in [3.8, 4) is 0 Å². The molecule has 2 nitrogen and oxygen atoms in total. The van der Waals surface area contributed by atoms with E-state index in [2.05, 4.69) is 23.1 Å². The Morgan fingerprint density at radius 1 is 0.710 bits per heavy atom. The third-order valence-electron chi connectivity index (χ3n) is 5.45. The van der Waals surface area contributed by atoms with Crippen LogP contribution >= 0.6 is 47.0 Å². The number of hydrogen-bond donors (Lipinski definition) is 0. The second-order valence-electron chi connectivity index (χ2n) is 8.25. The van der Waals surface area contributed by atoms with Gasteiger partial charge in [0.1, 0.15) is 6.61 Å². The second kappa shape index (κ2) is 18.5. The first-order valence-electron chi connectivity index (χ1n) is 12.2. The highest BCUT2D eigenvalue weighted by molar-refractivity contribution is 8.33. The number of ether oxygens (including phenoxy) is 1. The van der Waals surface area contributed by atoms with Crippen LogP contribution in [0, 0.1) is 0 Å². The SMILES string of the molecule is CCCCCCCCCCCCCCCCCC(=O)OCC1=CSC(=C2SC=CS2)S1. The summed E-state index contributed by atoms with van der Waals surface area (Å²) in [5.74, 6) is -0.0476. The fourth-order valence-electron chi connectivity index (χ4n) is 3.61. The van der Waals surface area contributed by atoms with Gasteiger partial charge >= 0.3 is 5.97 Å². The van der Waals surface area contributed by atoms with Gasteiger partial charge in [-0.15, -0.1) is 0 Å². The first kappa shape index (κ1) is 27.3. The van der Waals surface area contributed by atoms with Gasteiger partial charge < -0.3 is 4.74 Å². The molecule has 0 saturated carbocycles. The van der Waals surface area contributed by atoms with Crippen molar-refractivity contribution in [3.63, 3.8) is 0 Å². The van der Waals surface area contributed by atoms with E-state index in [9.17, 15) is 4.79 Å². The van der Waals surface area contributed by atoms with Crippen molar-refractivity contribution in [2.45, 2.75) is 110 Å². The minimum atomic E-state index is -0.0476. The summed E-state index contributed by atoms with van der Waals surface area (Å²) in [6.45, 7) is 2.71.